The summed E-state index contributed by atoms with van der Waals surface area (Å²) < 4.78 is 1.29. The first-order valence-corrected chi connectivity index (χ1v) is 14.5. The van der Waals surface area contributed by atoms with Crippen LogP contribution < -0.4 is 0 Å². The molecule has 0 aliphatic heterocycles. The predicted molar refractivity (Wildman–Crippen MR) is 139 cm³/mol. The van der Waals surface area contributed by atoms with Gasteiger partial charge < -0.3 is 4.48 Å². The van der Waals surface area contributed by atoms with Gasteiger partial charge in [-0.25, -0.2) is 0 Å². The molecule has 0 amide bonds. The largest absolute Gasteiger partial charge is 0.317 e. The van der Waals surface area contributed by atoms with Crippen LogP contribution in [0.5, 0.6) is 0 Å². The summed E-state index contributed by atoms with van der Waals surface area (Å²) in [4.78, 5) is 0. The highest BCUT2D eigenvalue weighted by atomic mass is 15.4. The van der Waals surface area contributed by atoms with Gasteiger partial charge in [0.15, 0.2) is 0 Å². The highest BCUT2D eigenvalue weighted by molar-refractivity contribution is 4.94. The Balaban J connectivity index is 2.56. The van der Waals surface area contributed by atoms with E-state index in [-0.39, 0.29) is 0 Å². The summed E-state index contributed by atoms with van der Waals surface area (Å²) in [5.41, 5.74) is 0.432. The van der Waals surface area contributed by atoms with Crippen molar-refractivity contribution in [3.05, 3.63) is 0 Å². The molecular formula is C30H60N+. The average Bonchev–Trinajstić information content (AvgIpc) is 2.76. The fraction of sp³-hybridized carbons (Fsp3) is 1.00. The van der Waals surface area contributed by atoms with Gasteiger partial charge in [0.2, 0.25) is 0 Å². The van der Waals surface area contributed by atoms with Crippen LogP contribution in [0.4, 0.5) is 0 Å². The Labute approximate surface area is 197 Å². The van der Waals surface area contributed by atoms with Crippen LogP contribution in [0.2, 0.25) is 0 Å². The van der Waals surface area contributed by atoms with Crippen molar-refractivity contribution in [1.82, 2.24) is 0 Å². The fourth-order valence-corrected chi connectivity index (χ4v) is 8.38. The van der Waals surface area contributed by atoms with Gasteiger partial charge >= 0.3 is 0 Å². The van der Waals surface area contributed by atoms with Gasteiger partial charge in [-0.3, -0.25) is 0 Å². The van der Waals surface area contributed by atoms with Gasteiger partial charge in [0, 0.05) is 12.8 Å². The van der Waals surface area contributed by atoms with Crippen molar-refractivity contribution in [2.45, 2.75) is 151 Å². The lowest BCUT2D eigenvalue weighted by Crippen LogP contribution is -2.69. The van der Waals surface area contributed by atoms with Crippen LogP contribution in [0.1, 0.15) is 133 Å². The number of quaternary nitrogens is 1. The molecule has 9 atom stereocenters. The third-order valence-corrected chi connectivity index (χ3v) is 11.4. The van der Waals surface area contributed by atoms with Crippen LogP contribution in [0.25, 0.3) is 0 Å². The molecule has 3 saturated carbocycles. The van der Waals surface area contributed by atoms with Crippen molar-refractivity contribution in [3.8, 4) is 0 Å². The summed E-state index contributed by atoms with van der Waals surface area (Å²) in [6, 6.07) is 1.43. The van der Waals surface area contributed by atoms with Crippen molar-refractivity contribution in [2.24, 2.45) is 35.5 Å². The molecular weight excluding hydrogens is 374 g/mol. The standard InChI is InChI=1S/C30H60N/c1-11-25(9)31(10,22(5)6)30(14-4)18-17-26(12-2)16-15-23(7)28-19-24(8)29(21-30)27(13-3)20-28/h22-29H,11-21H2,1-10H3/q+1. The molecule has 3 rings (SSSR count). The molecule has 3 fully saturated rings. The maximum absolute atomic E-state index is 2.66. The first-order valence-electron chi connectivity index (χ1n) is 14.5. The summed E-state index contributed by atoms with van der Waals surface area (Å²) in [5.74, 6) is 5.61. The number of nitrogens with zero attached hydrogens (tertiary/aromatic N) is 1. The van der Waals surface area contributed by atoms with E-state index in [1.54, 1.807) is 0 Å². The smallest absolute Gasteiger partial charge is 0.0994 e. The quantitative estimate of drug-likeness (QED) is 0.350. The van der Waals surface area contributed by atoms with Gasteiger partial charge in [0.05, 0.1) is 24.7 Å². The molecule has 31 heavy (non-hydrogen) atoms. The van der Waals surface area contributed by atoms with Crippen molar-refractivity contribution < 1.29 is 4.48 Å². The average molecular weight is 435 g/mol. The van der Waals surface area contributed by atoms with E-state index in [0.29, 0.717) is 11.6 Å². The highest BCUT2D eigenvalue weighted by Gasteiger charge is 2.53. The number of hydrogen-bond donors (Lipinski definition) is 0. The maximum atomic E-state index is 2.66. The van der Waals surface area contributed by atoms with Crippen LogP contribution in [-0.2, 0) is 0 Å². The molecule has 1 nitrogen and oxygen atoms in total. The van der Waals surface area contributed by atoms with E-state index in [4.69, 9.17) is 0 Å². The zero-order valence-corrected chi connectivity index (χ0v) is 23.3. The number of rotatable bonds is 7. The van der Waals surface area contributed by atoms with E-state index in [9.17, 15) is 0 Å². The van der Waals surface area contributed by atoms with E-state index < -0.39 is 0 Å². The Morgan fingerprint density at radius 3 is 2.06 bits per heavy atom. The minimum Gasteiger partial charge on any atom is -0.317 e. The monoisotopic (exact) mass is 434 g/mol. The first-order chi connectivity index (χ1) is 14.6. The van der Waals surface area contributed by atoms with Crippen LogP contribution in [0, 0.1) is 35.5 Å². The molecule has 3 aliphatic carbocycles. The molecule has 184 valence electrons. The minimum atomic E-state index is 0.432. The normalized spacial score (nSPS) is 40.7. The van der Waals surface area contributed by atoms with Crippen molar-refractivity contribution >= 4 is 0 Å². The SMILES string of the molecule is CCC1CCC(C)C2CC(C)C(CC(CC)([N+](C)(C(C)C)C(C)CC)CC1)C(CC)C2. The van der Waals surface area contributed by atoms with Crippen molar-refractivity contribution in [2.75, 3.05) is 7.05 Å². The summed E-state index contributed by atoms with van der Waals surface area (Å²) in [6.45, 7) is 22.8. The van der Waals surface area contributed by atoms with Crippen molar-refractivity contribution in [3.63, 3.8) is 0 Å². The Kier molecular flexibility index (Phi) is 10.00. The number of hydrogen-bond acceptors (Lipinski definition) is 0. The predicted octanol–water partition coefficient (Wildman–Crippen LogP) is 9.10. The zero-order chi connectivity index (χ0) is 23.4. The van der Waals surface area contributed by atoms with E-state index in [1.165, 1.54) is 75.1 Å². The van der Waals surface area contributed by atoms with Crippen LogP contribution in [0.3, 0.4) is 0 Å². The lowest BCUT2D eigenvalue weighted by atomic mass is 9.59. The molecule has 0 heterocycles. The fourth-order valence-electron chi connectivity index (χ4n) is 8.38. The minimum absolute atomic E-state index is 0.432. The first kappa shape index (κ1) is 27.2. The van der Waals surface area contributed by atoms with Crippen molar-refractivity contribution in [1.29, 1.82) is 0 Å². The van der Waals surface area contributed by atoms with Crippen LogP contribution in [-0.4, -0.2) is 29.2 Å². The molecule has 0 saturated heterocycles. The molecule has 0 radical (unpaired) electrons. The molecule has 1 heteroatoms. The lowest BCUT2D eigenvalue weighted by molar-refractivity contribution is -0.999. The topological polar surface area (TPSA) is 0 Å². The molecule has 3 aliphatic rings. The summed E-state index contributed by atoms with van der Waals surface area (Å²) in [5, 5.41) is 0. The van der Waals surface area contributed by atoms with Gasteiger partial charge in [-0.15, -0.1) is 0 Å². The molecule has 0 aromatic carbocycles. The summed E-state index contributed by atoms with van der Waals surface area (Å²) in [6.07, 6.45) is 15.7. The van der Waals surface area contributed by atoms with E-state index in [1.807, 2.05) is 0 Å². The molecule has 9 unspecified atom stereocenters. The summed E-state index contributed by atoms with van der Waals surface area (Å²) in [7, 11) is 2.66. The van der Waals surface area contributed by atoms with Gasteiger partial charge in [0.1, 0.15) is 0 Å². The highest BCUT2D eigenvalue weighted by Crippen LogP contribution is 2.52. The Morgan fingerprint density at radius 2 is 1.55 bits per heavy atom. The van der Waals surface area contributed by atoms with Gasteiger partial charge in [-0.2, -0.15) is 0 Å². The third kappa shape index (κ3) is 5.38. The summed E-state index contributed by atoms with van der Waals surface area (Å²) >= 11 is 0. The van der Waals surface area contributed by atoms with E-state index >= 15 is 0 Å². The molecule has 2 bridgehead atoms. The zero-order valence-electron chi connectivity index (χ0n) is 23.3. The second-order valence-corrected chi connectivity index (χ2v) is 12.7. The van der Waals surface area contributed by atoms with E-state index in [2.05, 4.69) is 69.4 Å². The Bertz CT molecular complexity index is 527. The van der Waals surface area contributed by atoms with Gasteiger partial charge in [-0.05, 0) is 88.4 Å². The molecule has 0 N–H and O–H groups in total. The molecule has 0 aromatic rings. The molecule has 0 aromatic heterocycles. The van der Waals surface area contributed by atoms with Crippen LogP contribution in [0.15, 0.2) is 0 Å². The van der Waals surface area contributed by atoms with E-state index in [0.717, 1.165) is 41.5 Å². The Morgan fingerprint density at radius 1 is 0.871 bits per heavy atom. The second kappa shape index (κ2) is 11.4. The molecule has 0 spiro atoms. The van der Waals surface area contributed by atoms with Crippen LogP contribution >= 0.6 is 0 Å². The maximum Gasteiger partial charge on any atom is 0.0994 e. The van der Waals surface area contributed by atoms with Gasteiger partial charge in [-0.1, -0.05) is 67.2 Å². The second-order valence-electron chi connectivity index (χ2n) is 12.7. The van der Waals surface area contributed by atoms with Gasteiger partial charge in [0.25, 0.3) is 0 Å². The number of fused-ring (bicyclic) bond motifs is 9. The lowest BCUT2D eigenvalue weighted by Gasteiger charge is -2.60. The Hall–Kier alpha value is -0.0400. The third-order valence-electron chi connectivity index (χ3n) is 11.4.